The third-order valence-electron chi connectivity index (χ3n) is 5.41. The Hall–Kier alpha value is -3.24. The Morgan fingerprint density at radius 3 is 2.52 bits per heavy atom. The summed E-state index contributed by atoms with van der Waals surface area (Å²) >= 11 is 0. The molecule has 8 nitrogen and oxygen atoms in total. The molecule has 33 heavy (non-hydrogen) atoms. The molecule has 0 fully saturated rings. The topological polar surface area (TPSA) is 109 Å². The highest BCUT2D eigenvalue weighted by Crippen LogP contribution is 2.22. The highest BCUT2D eigenvalue weighted by molar-refractivity contribution is 7.89. The van der Waals surface area contributed by atoms with Crippen molar-refractivity contribution in [2.75, 3.05) is 20.2 Å². The van der Waals surface area contributed by atoms with Gasteiger partial charge < -0.3 is 15.0 Å². The molecule has 1 aromatic heterocycles. The van der Waals surface area contributed by atoms with E-state index in [1.807, 2.05) is 24.3 Å². The minimum absolute atomic E-state index is 0.0880. The van der Waals surface area contributed by atoms with Crippen molar-refractivity contribution < 1.29 is 27.1 Å². The van der Waals surface area contributed by atoms with Gasteiger partial charge in [0, 0.05) is 42.2 Å². The normalized spacial score (nSPS) is 12.6. The number of halogens is 1. The van der Waals surface area contributed by atoms with E-state index in [-0.39, 0.29) is 25.1 Å². The van der Waals surface area contributed by atoms with Crippen LogP contribution in [-0.4, -0.2) is 55.8 Å². The second-order valence-corrected chi connectivity index (χ2v) is 9.25. The van der Waals surface area contributed by atoms with Gasteiger partial charge in [-0.3, -0.25) is 4.79 Å². The van der Waals surface area contributed by atoms with Crippen molar-refractivity contribution >= 4 is 32.8 Å². The average Bonchev–Trinajstić information content (AvgIpc) is 3.21. The Kier molecular flexibility index (Phi) is 7.50. The number of para-hydroxylation sites is 1. The van der Waals surface area contributed by atoms with Crippen LogP contribution in [0.25, 0.3) is 10.9 Å². The van der Waals surface area contributed by atoms with Crippen LogP contribution in [0.15, 0.2) is 53.6 Å². The lowest BCUT2D eigenvalue weighted by molar-refractivity contribution is -0.142. The smallest absolute Gasteiger partial charge is 0.328 e. The van der Waals surface area contributed by atoms with Crippen LogP contribution in [0.5, 0.6) is 0 Å². The van der Waals surface area contributed by atoms with Crippen LogP contribution in [-0.2, 0) is 26.0 Å². The number of benzene rings is 2. The molecule has 176 valence electrons. The molecule has 1 amide bonds. The van der Waals surface area contributed by atoms with E-state index in [1.165, 1.54) is 13.2 Å². The molecule has 0 radical (unpaired) electrons. The summed E-state index contributed by atoms with van der Waals surface area (Å²) in [5.41, 5.74) is 1.59. The number of hydrogen-bond acceptors (Lipinski definition) is 5. The van der Waals surface area contributed by atoms with E-state index in [0.717, 1.165) is 32.9 Å². The molecule has 0 unspecified atom stereocenters. The monoisotopic (exact) mass is 475 g/mol. The number of ether oxygens (including phenoxy) is 1. The fourth-order valence-electron chi connectivity index (χ4n) is 3.64. The molecular formula is C23H26FN3O5S. The number of esters is 1. The number of methoxy groups -OCH3 is 1. The molecule has 0 saturated carbocycles. The maximum Gasteiger partial charge on any atom is 0.328 e. The molecule has 1 atom stereocenters. The van der Waals surface area contributed by atoms with Crippen molar-refractivity contribution in [1.29, 1.82) is 0 Å². The molecule has 0 aliphatic carbocycles. The first-order valence-corrected chi connectivity index (χ1v) is 11.9. The third-order valence-corrected chi connectivity index (χ3v) is 7.47. The van der Waals surface area contributed by atoms with Crippen molar-refractivity contribution in [3.05, 3.63) is 65.6 Å². The second-order valence-electron chi connectivity index (χ2n) is 7.35. The fourth-order valence-corrected chi connectivity index (χ4v) is 5.19. The van der Waals surface area contributed by atoms with Crippen LogP contribution in [0.2, 0.25) is 0 Å². The molecule has 2 N–H and O–H groups in total. The van der Waals surface area contributed by atoms with Crippen molar-refractivity contribution in [2.45, 2.75) is 31.2 Å². The maximum absolute atomic E-state index is 14.4. The molecule has 0 aliphatic rings. The van der Waals surface area contributed by atoms with E-state index in [9.17, 15) is 22.4 Å². The molecular weight excluding hydrogens is 449 g/mol. The highest BCUT2D eigenvalue weighted by atomic mass is 32.2. The second kappa shape index (κ2) is 10.1. The number of H-pyrrole nitrogens is 1. The standard InChI is InChI=1S/C23H26FN3O5S/c1-4-27(5-2)33(30,31)21-13-15(10-11-18(21)24)22(28)26-20(23(29)32-3)12-16-14-25-19-9-7-6-8-17(16)19/h6-11,13-14,20,25H,4-5,12H2,1-3H3,(H,26,28)/t20-/m1/s1. The molecule has 0 bridgehead atoms. The third kappa shape index (κ3) is 5.07. The lowest BCUT2D eigenvalue weighted by Gasteiger charge is -2.20. The lowest BCUT2D eigenvalue weighted by Crippen LogP contribution is -2.43. The maximum atomic E-state index is 14.4. The first-order chi connectivity index (χ1) is 15.7. The van der Waals surface area contributed by atoms with Gasteiger partial charge in [-0.25, -0.2) is 17.6 Å². The van der Waals surface area contributed by atoms with Gasteiger partial charge in [-0.05, 0) is 29.8 Å². The number of rotatable bonds is 9. The van der Waals surface area contributed by atoms with Gasteiger partial charge in [0.05, 0.1) is 7.11 Å². The largest absolute Gasteiger partial charge is 0.467 e. The number of nitrogens with one attached hydrogen (secondary N) is 2. The van der Waals surface area contributed by atoms with E-state index >= 15 is 0 Å². The number of amides is 1. The van der Waals surface area contributed by atoms with Gasteiger partial charge in [0.15, 0.2) is 0 Å². The van der Waals surface area contributed by atoms with Gasteiger partial charge in [0.2, 0.25) is 10.0 Å². The number of hydrogen-bond donors (Lipinski definition) is 2. The number of aromatic amines is 1. The average molecular weight is 476 g/mol. The van der Waals surface area contributed by atoms with Crippen LogP contribution in [0.1, 0.15) is 29.8 Å². The Balaban J connectivity index is 1.89. The van der Waals surface area contributed by atoms with Crippen LogP contribution in [0.4, 0.5) is 4.39 Å². The SMILES string of the molecule is CCN(CC)S(=O)(=O)c1cc(C(=O)N[C@H](Cc2c[nH]c3ccccc23)C(=O)OC)ccc1F. The van der Waals surface area contributed by atoms with Crippen molar-refractivity contribution in [3.8, 4) is 0 Å². The summed E-state index contributed by atoms with van der Waals surface area (Å²) in [4.78, 5) is 27.8. The Morgan fingerprint density at radius 1 is 1.15 bits per heavy atom. The van der Waals surface area contributed by atoms with Crippen LogP contribution in [0, 0.1) is 5.82 Å². The van der Waals surface area contributed by atoms with Crippen molar-refractivity contribution in [3.63, 3.8) is 0 Å². The quantitative estimate of drug-likeness (QED) is 0.463. The molecule has 2 aromatic carbocycles. The molecule has 3 aromatic rings. The fraction of sp³-hybridized carbons (Fsp3) is 0.304. The van der Waals surface area contributed by atoms with Gasteiger partial charge in [-0.1, -0.05) is 32.0 Å². The summed E-state index contributed by atoms with van der Waals surface area (Å²) < 4.78 is 45.9. The summed E-state index contributed by atoms with van der Waals surface area (Å²) in [5.74, 6) is -2.34. The molecule has 1 heterocycles. The highest BCUT2D eigenvalue weighted by Gasteiger charge is 2.28. The van der Waals surface area contributed by atoms with Gasteiger partial charge in [0.1, 0.15) is 16.8 Å². The molecule has 3 rings (SSSR count). The number of carbonyl (C=O) groups excluding carboxylic acids is 2. The Morgan fingerprint density at radius 2 is 1.85 bits per heavy atom. The molecule has 0 spiro atoms. The van der Waals surface area contributed by atoms with Gasteiger partial charge in [-0.15, -0.1) is 0 Å². The van der Waals surface area contributed by atoms with Crippen LogP contribution >= 0.6 is 0 Å². The minimum Gasteiger partial charge on any atom is -0.467 e. The van der Waals surface area contributed by atoms with Gasteiger partial charge >= 0.3 is 5.97 Å². The van der Waals surface area contributed by atoms with Crippen LogP contribution < -0.4 is 5.32 Å². The number of fused-ring (bicyclic) bond motifs is 1. The number of sulfonamides is 1. The molecule has 0 saturated heterocycles. The first-order valence-electron chi connectivity index (χ1n) is 10.5. The van der Waals surface area contributed by atoms with E-state index in [2.05, 4.69) is 10.3 Å². The zero-order valence-corrected chi connectivity index (χ0v) is 19.4. The summed E-state index contributed by atoms with van der Waals surface area (Å²) in [6, 6.07) is 9.57. The zero-order chi connectivity index (χ0) is 24.2. The van der Waals surface area contributed by atoms with E-state index in [4.69, 9.17) is 4.74 Å². The Bertz CT molecular complexity index is 1270. The summed E-state index contributed by atoms with van der Waals surface area (Å²) in [6.07, 6.45) is 1.90. The van der Waals surface area contributed by atoms with Crippen LogP contribution in [0.3, 0.4) is 0 Å². The number of aromatic nitrogens is 1. The summed E-state index contributed by atoms with van der Waals surface area (Å²) in [6.45, 7) is 3.59. The summed E-state index contributed by atoms with van der Waals surface area (Å²) in [7, 11) is -2.91. The molecule has 0 aliphatic heterocycles. The van der Waals surface area contributed by atoms with E-state index in [1.54, 1.807) is 20.0 Å². The predicted molar refractivity (Wildman–Crippen MR) is 122 cm³/mol. The van der Waals surface area contributed by atoms with E-state index in [0.29, 0.717) is 0 Å². The summed E-state index contributed by atoms with van der Waals surface area (Å²) in [5, 5.41) is 3.48. The number of carbonyl (C=O) groups is 2. The zero-order valence-electron chi connectivity index (χ0n) is 18.6. The Labute approximate surface area is 191 Å². The van der Waals surface area contributed by atoms with Crippen molar-refractivity contribution in [1.82, 2.24) is 14.6 Å². The minimum atomic E-state index is -4.12. The van der Waals surface area contributed by atoms with Crippen molar-refractivity contribution in [2.24, 2.45) is 0 Å². The van der Waals surface area contributed by atoms with E-state index < -0.39 is 38.7 Å². The number of nitrogens with zero attached hydrogens (tertiary/aromatic N) is 1. The lowest BCUT2D eigenvalue weighted by atomic mass is 10.0. The van der Waals surface area contributed by atoms with Gasteiger partial charge in [-0.2, -0.15) is 4.31 Å². The predicted octanol–water partition coefficient (Wildman–Crippen LogP) is 2.85. The molecule has 10 heteroatoms. The first kappa shape index (κ1) is 24.4. The van der Waals surface area contributed by atoms with Gasteiger partial charge in [0.25, 0.3) is 5.91 Å².